The van der Waals surface area contributed by atoms with Gasteiger partial charge in [-0.2, -0.15) is 5.26 Å². The minimum Gasteiger partial charge on any atom is -0.465 e. The van der Waals surface area contributed by atoms with E-state index in [1.165, 1.54) is 12.0 Å². The van der Waals surface area contributed by atoms with Crippen LogP contribution < -0.4 is 5.32 Å². The molecular weight excluding hydrogens is 458 g/mol. The Balaban J connectivity index is 1.73. The van der Waals surface area contributed by atoms with Crippen molar-refractivity contribution in [2.75, 3.05) is 12.4 Å². The summed E-state index contributed by atoms with van der Waals surface area (Å²) in [4.78, 5) is 26.9. The zero-order chi connectivity index (χ0) is 25.3. The molecule has 2 heterocycles. The Hall–Kier alpha value is -3.63. The van der Waals surface area contributed by atoms with E-state index in [4.69, 9.17) is 4.74 Å². The number of hydrogen-bond donors (Lipinski definition) is 1. The summed E-state index contributed by atoms with van der Waals surface area (Å²) >= 11 is 1.63. The molecule has 35 heavy (non-hydrogen) atoms. The summed E-state index contributed by atoms with van der Waals surface area (Å²) in [5.41, 5.74) is 7.13. The van der Waals surface area contributed by atoms with Crippen LogP contribution in [0.4, 0.5) is 5.69 Å². The van der Waals surface area contributed by atoms with Crippen molar-refractivity contribution >= 4 is 35.0 Å². The lowest BCUT2D eigenvalue weighted by Crippen LogP contribution is -2.13. The standard InChI is InChI=1S/C28H29N3O3S/c1-16-10-11-22(12-17(16)2)30-26(32)21(15-29)14-20-13-18(3)31(19(20)4)27-25(28(33)34-5)23-8-6-7-9-24(23)35-27/h10-14H,6-9H2,1-5H3,(H,30,32)/b21-14-. The van der Waals surface area contributed by atoms with E-state index in [2.05, 4.69) is 5.32 Å². The van der Waals surface area contributed by atoms with Crippen molar-refractivity contribution in [3.8, 4) is 11.1 Å². The zero-order valence-electron chi connectivity index (χ0n) is 20.7. The molecule has 0 fully saturated rings. The molecule has 3 aromatic rings. The lowest BCUT2D eigenvalue weighted by Gasteiger charge is -2.12. The molecule has 0 spiro atoms. The van der Waals surface area contributed by atoms with Crippen molar-refractivity contribution in [2.24, 2.45) is 0 Å². The van der Waals surface area contributed by atoms with Crippen LogP contribution >= 0.6 is 11.3 Å². The van der Waals surface area contributed by atoms with E-state index in [0.29, 0.717) is 11.3 Å². The number of hydrogen-bond acceptors (Lipinski definition) is 5. The number of thiophene rings is 1. The van der Waals surface area contributed by atoms with Crippen LogP contribution in [-0.4, -0.2) is 23.6 Å². The monoisotopic (exact) mass is 487 g/mol. The Kier molecular flexibility index (Phi) is 6.95. The summed E-state index contributed by atoms with van der Waals surface area (Å²) in [6.07, 6.45) is 5.63. The van der Waals surface area contributed by atoms with Gasteiger partial charge in [-0.3, -0.25) is 4.79 Å². The number of esters is 1. The van der Waals surface area contributed by atoms with E-state index in [9.17, 15) is 14.9 Å². The normalized spacial score (nSPS) is 13.2. The average molecular weight is 488 g/mol. The number of fused-ring (bicyclic) bond motifs is 1. The predicted molar refractivity (Wildman–Crippen MR) is 139 cm³/mol. The lowest BCUT2D eigenvalue weighted by atomic mass is 9.95. The molecule has 0 atom stereocenters. The summed E-state index contributed by atoms with van der Waals surface area (Å²) in [5.74, 6) is -0.781. The number of rotatable bonds is 5. The SMILES string of the molecule is COC(=O)c1c(-n2c(C)cc(/C=C(/C#N)C(=O)Nc3ccc(C)c(C)c3)c2C)sc2c1CCCC2. The number of ether oxygens (including phenoxy) is 1. The van der Waals surface area contributed by atoms with Crippen molar-refractivity contribution in [3.05, 3.63) is 73.9 Å². The van der Waals surface area contributed by atoms with E-state index in [-0.39, 0.29) is 11.5 Å². The average Bonchev–Trinajstić information content (AvgIpc) is 3.35. The van der Waals surface area contributed by atoms with Gasteiger partial charge in [0, 0.05) is 22.0 Å². The van der Waals surface area contributed by atoms with Crippen LogP contribution in [0.25, 0.3) is 11.1 Å². The number of carbonyl (C=O) groups is 2. The highest BCUT2D eigenvalue weighted by molar-refractivity contribution is 7.15. The fourth-order valence-corrected chi connectivity index (χ4v) is 6.08. The van der Waals surface area contributed by atoms with Gasteiger partial charge in [0.25, 0.3) is 5.91 Å². The molecule has 1 amide bonds. The van der Waals surface area contributed by atoms with E-state index >= 15 is 0 Å². The third kappa shape index (κ3) is 4.67. The van der Waals surface area contributed by atoms with Crippen LogP contribution in [0.5, 0.6) is 0 Å². The molecule has 0 unspecified atom stereocenters. The molecule has 4 rings (SSSR count). The van der Waals surface area contributed by atoms with Crippen molar-refractivity contribution in [3.63, 3.8) is 0 Å². The van der Waals surface area contributed by atoms with Gasteiger partial charge < -0.3 is 14.6 Å². The largest absolute Gasteiger partial charge is 0.465 e. The quantitative estimate of drug-likeness (QED) is 0.272. The zero-order valence-corrected chi connectivity index (χ0v) is 21.6. The van der Waals surface area contributed by atoms with Gasteiger partial charge in [0.2, 0.25) is 0 Å². The first-order valence-electron chi connectivity index (χ1n) is 11.7. The molecule has 7 heteroatoms. The predicted octanol–water partition coefficient (Wildman–Crippen LogP) is 5.98. The summed E-state index contributed by atoms with van der Waals surface area (Å²) in [6, 6.07) is 9.63. The minimum absolute atomic E-state index is 0.0159. The number of amides is 1. The van der Waals surface area contributed by atoms with E-state index in [0.717, 1.165) is 64.3 Å². The molecule has 1 aromatic carbocycles. The molecule has 0 radical (unpaired) electrons. The molecular formula is C28H29N3O3S. The Morgan fingerprint density at radius 2 is 1.86 bits per heavy atom. The number of nitrogens with one attached hydrogen (secondary N) is 1. The third-order valence-electron chi connectivity index (χ3n) is 6.65. The Morgan fingerprint density at radius 1 is 1.11 bits per heavy atom. The first-order valence-corrected chi connectivity index (χ1v) is 12.5. The number of anilines is 1. The van der Waals surface area contributed by atoms with Gasteiger partial charge in [0.1, 0.15) is 16.6 Å². The molecule has 1 N–H and O–H groups in total. The highest BCUT2D eigenvalue weighted by Crippen LogP contribution is 2.39. The van der Waals surface area contributed by atoms with Crippen LogP contribution in [0.2, 0.25) is 0 Å². The second-order valence-corrected chi connectivity index (χ2v) is 10.1. The van der Waals surface area contributed by atoms with E-state index < -0.39 is 5.91 Å². The van der Waals surface area contributed by atoms with Gasteiger partial charge >= 0.3 is 5.97 Å². The molecule has 0 saturated heterocycles. The van der Waals surface area contributed by atoms with Crippen molar-refractivity contribution in [2.45, 2.75) is 53.4 Å². The van der Waals surface area contributed by atoms with Crippen molar-refractivity contribution in [1.82, 2.24) is 4.57 Å². The van der Waals surface area contributed by atoms with Crippen LogP contribution in [0.1, 0.15) is 61.7 Å². The number of methoxy groups -OCH3 is 1. The maximum Gasteiger partial charge on any atom is 0.341 e. The van der Waals surface area contributed by atoms with Gasteiger partial charge in [-0.1, -0.05) is 6.07 Å². The summed E-state index contributed by atoms with van der Waals surface area (Å²) in [7, 11) is 1.41. The van der Waals surface area contributed by atoms with Crippen LogP contribution in [0.15, 0.2) is 29.8 Å². The number of aromatic nitrogens is 1. The molecule has 6 nitrogen and oxygen atoms in total. The fraction of sp³-hybridized carbons (Fsp3) is 0.321. The molecule has 0 bridgehead atoms. The fourth-order valence-electron chi connectivity index (χ4n) is 4.59. The number of nitrogens with zero attached hydrogens (tertiary/aromatic N) is 2. The molecule has 180 valence electrons. The van der Waals surface area contributed by atoms with Crippen LogP contribution in [0, 0.1) is 39.0 Å². The van der Waals surface area contributed by atoms with Crippen molar-refractivity contribution in [1.29, 1.82) is 5.26 Å². The van der Waals surface area contributed by atoms with E-state index in [1.807, 2.05) is 62.6 Å². The maximum atomic E-state index is 12.9. The topological polar surface area (TPSA) is 84.1 Å². The number of carbonyl (C=O) groups excluding carboxylic acids is 2. The van der Waals surface area contributed by atoms with Gasteiger partial charge in [-0.25, -0.2) is 4.79 Å². The number of aryl methyl sites for hydroxylation is 4. The molecule has 1 aliphatic carbocycles. The number of benzene rings is 1. The van der Waals surface area contributed by atoms with Crippen molar-refractivity contribution < 1.29 is 14.3 Å². The second kappa shape index (κ2) is 9.93. The summed E-state index contributed by atoms with van der Waals surface area (Å²) < 4.78 is 7.18. The summed E-state index contributed by atoms with van der Waals surface area (Å²) in [5, 5.41) is 13.4. The lowest BCUT2D eigenvalue weighted by molar-refractivity contribution is -0.112. The van der Waals surface area contributed by atoms with Crippen LogP contribution in [-0.2, 0) is 22.4 Å². The first kappa shape index (κ1) is 24.5. The van der Waals surface area contributed by atoms with Crippen LogP contribution in [0.3, 0.4) is 0 Å². The van der Waals surface area contributed by atoms with Gasteiger partial charge in [-0.15, -0.1) is 11.3 Å². The van der Waals surface area contributed by atoms with Gasteiger partial charge in [0.05, 0.1) is 12.7 Å². The maximum absolute atomic E-state index is 12.9. The Bertz CT molecular complexity index is 1400. The third-order valence-corrected chi connectivity index (χ3v) is 7.92. The van der Waals surface area contributed by atoms with E-state index in [1.54, 1.807) is 17.4 Å². The molecule has 1 aliphatic rings. The summed E-state index contributed by atoms with van der Waals surface area (Å²) in [6.45, 7) is 7.89. The highest BCUT2D eigenvalue weighted by Gasteiger charge is 2.28. The number of nitriles is 1. The molecule has 2 aromatic heterocycles. The smallest absolute Gasteiger partial charge is 0.341 e. The van der Waals surface area contributed by atoms with Gasteiger partial charge in [-0.05, 0) is 99.9 Å². The first-order chi connectivity index (χ1) is 16.7. The second-order valence-electron chi connectivity index (χ2n) is 8.97. The minimum atomic E-state index is -0.456. The highest BCUT2D eigenvalue weighted by atomic mass is 32.1. The molecule has 0 aliphatic heterocycles. The Labute approximate surface area is 209 Å². The molecule has 0 saturated carbocycles. The van der Waals surface area contributed by atoms with Gasteiger partial charge in [0.15, 0.2) is 0 Å². The Morgan fingerprint density at radius 3 is 2.54 bits per heavy atom.